The number of likely N-dealkylation sites (tertiary alicyclic amines) is 2. The molecule has 0 N–H and O–H groups in total. The molecule has 0 spiro atoms. The summed E-state index contributed by atoms with van der Waals surface area (Å²) in [5.41, 5.74) is -0.447. The summed E-state index contributed by atoms with van der Waals surface area (Å²) in [4.78, 5) is 16.3. The Morgan fingerprint density at radius 1 is 1.08 bits per heavy atom. The van der Waals surface area contributed by atoms with Crippen molar-refractivity contribution in [3.05, 3.63) is 0 Å². The van der Waals surface area contributed by atoms with E-state index in [0.717, 1.165) is 45.4 Å². The number of sulfone groups is 1. The van der Waals surface area contributed by atoms with Gasteiger partial charge in [-0.1, -0.05) is 0 Å². The first-order chi connectivity index (χ1) is 11.5. The van der Waals surface area contributed by atoms with Gasteiger partial charge in [0.2, 0.25) is 0 Å². The third kappa shape index (κ3) is 7.13. The SMILES string of the molecule is CC(C)(C)OC(=O)N1CCC([C@H]2CCCN(CCS(C)(=O)=O)C2)CC1. The molecule has 1 amide bonds. The highest BCUT2D eigenvalue weighted by molar-refractivity contribution is 7.90. The van der Waals surface area contributed by atoms with Crippen molar-refractivity contribution in [3.63, 3.8) is 0 Å². The van der Waals surface area contributed by atoms with E-state index in [-0.39, 0.29) is 11.8 Å². The molecule has 0 bridgehead atoms. The van der Waals surface area contributed by atoms with Crippen molar-refractivity contribution in [3.8, 4) is 0 Å². The average Bonchev–Trinajstić information content (AvgIpc) is 2.51. The van der Waals surface area contributed by atoms with Crippen LogP contribution in [0.25, 0.3) is 0 Å². The monoisotopic (exact) mass is 374 g/mol. The van der Waals surface area contributed by atoms with Crippen molar-refractivity contribution < 1.29 is 17.9 Å². The van der Waals surface area contributed by atoms with E-state index in [0.29, 0.717) is 18.4 Å². The van der Waals surface area contributed by atoms with Crippen molar-refractivity contribution in [2.75, 3.05) is 44.7 Å². The standard InChI is InChI=1S/C18H34N2O4S/c1-18(2,3)24-17(21)20-10-7-15(8-11-20)16-6-5-9-19(14-16)12-13-25(4,22)23/h15-16H,5-14H2,1-4H3/t16-/m0/s1. The average molecular weight is 375 g/mol. The maximum absolute atomic E-state index is 12.2. The second-order valence-corrected chi connectivity index (χ2v) is 10.9. The van der Waals surface area contributed by atoms with Gasteiger partial charge in [0.25, 0.3) is 0 Å². The molecule has 1 atom stereocenters. The van der Waals surface area contributed by atoms with Crippen LogP contribution in [0.4, 0.5) is 4.79 Å². The molecular weight excluding hydrogens is 340 g/mol. The third-order valence-corrected chi connectivity index (χ3v) is 6.10. The Kier molecular flexibility index (Phi) is 6.76. The zero-order valence-corrected chi connectivity index (χ0v) is 17.0. The summed E-state index contributed by atoms with van der Waals surface area (Å²) in [6.07, 6.45) is 5.49. The van der Waals surface area contributed by atoms with Gasteiger partial charge in [0.05, 0.1) is 5.75 Å². The molecule has 2 saturated heterocycles. The Morgan fingerprint density at radius 2 is 1.72 bits per heavy atom. The summed E-state index contributed by atoms with van der Waals surface area (Å²) in [5, 5.41) is 0. The van der Waals surface area contributed by atoms with Gasteiger partial charge in [-0.2, -0.15) is 0 Å². The van der Waals surface area contributed by atoms with Gasteiger partial charge in [-0.15, -0.1) is 0 Å². The number of carbonyl (C=O) groups is 1. The van der Waals surface area contributed by atoms with E-state index in [9.17, 15) is 13.2 Å². The maximum Gasteiger partial charge on any atom is 0.410 e. The Balaban J connectivity index is 1.79. The van der Waals surface area contributed by atoms with Crippen molar-refractivity contribution in [1.82, 2.24) is 9.80 Å². The molecule has 2 heterocycles. The predicted octanol–water partition coefficient (Wildman–Crippen LogP) is 2.39. The van der Waals surface area contributed by atoms with E-state index in [4.69, 9.17) is 4.74 Å². The van der Waals surface area contributed by atoms with E-state index >= 15 is 0 Å². The molecule has 0 saturated carbocycles. The van der Waals surface area contributed by atoms with Gasteiger partial charge >= 0.3 is 6.09 Å². The van der Waals surface area contributed by atoms with Gasteiger partial charge in [0, 0.05) is 32.4 Å². The molecular formula is C18H34N2O4S. The van der Waals surface area contributed by atoms with Crippen LogP contribution in [0.3, 0.4) is 0 Å². The number of carbonyl (C=O) groups excluding carboxylic acids is 1. The molecule has 6 nitrogen and oxygen atoms in total. The highest BCUT2D eigenvalue weighted by atomic mass is 32.2. The number of rotatable bonds is 4. The number of nitrogens with zero attached hydrogens (tertiary/aromatic N) is 2. The molecule has 2 aliphatic heterocycles. The zero-order chi connectivity index (χ0) is 18.7. The molecule has 0 aliphatic carbocycles. The van der Waals surface area contributed by atoms with Gasteiger partial charge in [0.15, 0.2) is 0 Å². The number of amides is 1. The largest absolute Gasteiger partial charge is 0.444 e. The summed E-state index contributed by atoms with van der Waals surface area (Å²) in [6, 6.07) is 0. The topological polar surface area (TPSA) is 66.9 Å². The third-order valence-electron chi connectivity index (χ3n) is 5.18. The van der Waals surface area contributed by atoms with Crippen LogP contribution in [0.5, 0.6) is 0 Å². The van der Waals surface area contributed by atoms with Crippen LogP contribution in [0.15, 0.2) is 0 Å². The molecule has 0 radical (unpaired) electrons. The molecule has 0 aromatic rings. The Hall–Kier alpha value is -0.820. The lowest BCUT2D eigenvalue weighted by Gasteiger charge is -2.41. The fourth-order valence-corrected chi connectivity index (χ4v) is 4.44. The lowest BCUT2D eigenvalue weighted by Crippen LogP contribution is -2.46. The number of hydrogen-bond acceptors (Lipinski definition) is 5. The molecule has 25 heavy (non-hydrogen) atoms. The van der Waals surface area contributed by atoms with Crippen LogP contribution in [0, 0.1) is 11.8 Å². The highest BCUT2D eigenvalue weighted by Gasteiger charge is 2.32. The fourth-order valence-electron chi connectivity index (χ4n) is 3.85. The van der Waals surface area contributed by atoms with E-state index in [1.807, 2.05) is 25.7 Å². The second kappa shape index (κ2) is 8.25. The fraction of sp³-hybridized carbons (Fsp3) is 0.944. The Bertz CT molecular complexity index is 548. The minimum Gasteiger partial charge on any atom is -0.444 e. The summed E-state index contributed by atoms with van der Waals surface area (Å²) in [7, 11) is -2.90. The number of piperidine rings is 2. The lowest BCUT2D eigenvalue weighted by molar-refractivity contribution is 0.0130. The van der Waals surface area contributed by atoms with Crippen LogP contribution in [0.1, 0.15) is 46.5 Å². The van der Waals surface area contributed by atoms with Crippen molar-refractivity contribution in [1.29, 1.82) is 0 Å². The van der Waals surface area contributed by atoms with Crippen LogP contribution in [-0.4, -0.2) is 74.6 Å². The number of ether oxygens (including phenoxy) is 1. The smallest absolute Gasteiger partial charge is 0.410 e. The molecule has 0 unspecified atom stereocenters. The molecule has 2 fully saturated rings. The van der Waals surface area contributed by atoms with E-state index in [2.05, 4.69) is 4.90 Å². The normalized spacial score (nSPS) is 24.3. The van der Waals surface area contributed by atoms with Crippen LogP contribution >= 0.6 is 0 Å². The minimum absolute atomic E-state index is 0.204. The zero-order valence-electron chi connectivity index (χ0n) is 16.2. The van der Waals surface area contributed by atoms with Gasteiger partial charge in [0.1, 0.15) is 15.4 Å². The summed E-state index contributed by atoms with van der Waals surface area (Å²) in [5.74, 6) is 1.49. The predicted molar refractivity (Wildman–Crippen MR) is 99.4 cm³/mol. The van der Waals surface area contributed by atoms with Crippen LogP contribution in [0.2, 0.25) is 0 Å². The Labute approximate surface area is 152 Å². The second-order valence-electron chi connectivity index (χ2n) is 8.64. The summed E-state index contributed by atoms with van der Waals surface area (Å²) in [6.45, 7) is 9.85. The van der Waals surface area contributed by atoms with Crippen molar-refractivity contribution in [2.24, 2.45) is 11.8 Å². The van der Waals surface area contributed by atoms with Crippen LogP contribution < -0.4 is 0 Å². The maximum atomic E-state index is 12.2. The first-order valence-electron chi connectivity index (χ1n) is 9.41. The molecule has 0 aromatic carbocycles. The minimum atomic E-state index is -2.90. The number of hydrogen-bond donors (Lipinski definition) is 0. The molecule has 146 valence electrons. The lowest BCUT2D eigenvalue weighted by atomic mass is 9.80. The highest BCUT2D eigenvalue weighted by Crippen LogP contribution is 2.32. The summed E-state index contributed by atoms with van der Waals surface area (Å²) >= 11 is 0. The van der Waals surface area contributed by atoms with Crippen molar-refractivity contribution in [2.45, 2.75) is 52.1 Å². The van der Waals surface area contributed by atoms with E-state index in [1.165, 1.54) is 12.7 Å². The van der Waals surface area contributed by atoms with Crippen molar-refractivity contribution >= 4 is 15.9 Å². The molecule has 2 aliphatic rings. The first kappa shape index (κ1) is 20.5. The van der Waals surface area contributed by atoms with E-state index < -0.39 is 15.4 Å². The molecule has 2 rings (SSSR count). The quantitative estimate of drug-likeness (QED) is 0.756. The van der Waals surface area contributed by atoms with Gasteiger partial charge in [-0.25, -0.2) is 13.2 Å². The van der Waals surface area contributed by atoms with E-state index in [1.54, 1.807) is 0 Å². The first-order valence-corrected chi connectivity index (χ1v) is 11.5. The van der Waals surface area contributed by atoms with Gasteiger partial charge in [-0.05, 0) is 64.8 Å². The molecule has 0 aromatic heterocycles. The van der Waals surface area contributed by atoms with Gasteiger partial charge < -0.3 is 14.5 Å². The van der Waals surface area contributed by atoms with Crippen LogP contribution in [-0.2, 0) is 14.6 Å². The Morgan fingerprint density at radius 3 is 2.28 bits per heavy atom. The molecule has 7 heteroatoms. The van der Waals surface area contributed by atoms with Gasteiger partial charge in [-0.3, -0.25) is 0 Å². The summed E-state index contributed by atoms with van der Waals surface area (Å²) < 4.78 is 28.2.